The van der Waals surface area contributed by atoms with Gasteiger partial charge in [0.1, 0.15) is 11.6 Å². The second-order valence-electron chi connectivity index (χ2n) is 8.95. The summed E-state index contributed by atoms with van der Waals surface area (Å²) in [6.07, 6.45) is 7.43. The molecule has 2 N–H and O–H groups in total. The highest BCUT2D eigenvalue weighted by Crippen LogP contribution is 2.28. The molecule has 1 saturated heterocycles. The predicted molar refractivity (Wildman–Crippen MR) is 126 cm³/mol. The number of piperidine rings is 1. The predicted octanol–water partition coefficient (Wildman–Crippen LogP) is 3.30. The molecule has 0 radical (unpaired) electrons. The van der Waals surface area contributed by atoms with Gasteiger partial charge in [0.2, 0.25) is 0 Å². The van der Waals surface area contributed by atoms with Gasteiger partial charge in [-0.15, -0.1) is 0 Å². The van der Waals surface area contributed by atoms with Crippen LogP contribution in [-0.2, 0) is 13.1 Å². The Balaban J connectivity index is 1.40. The van der Waals surface area contributed by atoms with E-state index in [2.05, 4.69) is 38.2 Å². The van der Waals surface area contributed by atoms with Gasteiger partial charge in [0.15, 0.2) is 0 Å². The van der Waals surface area contributed by atoms with E-state index in [0.717, 1.165) is 49.6 Å². The van der Waals surface area contributed by atoms with Crippen LogP contribution in [0.4, 0.5) is 0 Å². The second-order valence-corrected chi connectivity index (χ2v) is 8.95. The van der Waals surface area contributed by atoms with Gasteiger partial charge in [-0.1, -0.05) is 6.07 Å². The number of carbonyl (C=O) groups excluding carboxylic acids is 1. The molecule has 1 aromatic carbocycles. The largest absolute Gasteiger partial charge is 0.491 e. The van der Waals surface area contributed by atoms with Crippen LogP contribution < -0.4 is 10.5 Å². The van der Waals surface area contributed by atoms with Gasteiger partial charge >= 0.3 is 0 Å². The maximum atomic E-state index is 11.4. The topological polar surface area (TPSA) is 99.2 Å². The molecule has 4 rings (SSSR count). The number of ether oxygens (including phenoxy) is 1. The number of hydrogen-bond donors (Lipinski definition) is 1. The molecular formula is C25H32N6O2. The number of primary amides is 1. The Morgan fingerprint density at radius 2 is 2.03 bits per heavy atom. The van der Waals surface area contributed by atoms with E-state index in [1.165, 1.54) is 5.56 Å². The molecule has 174 valence electrons. The minimum Gasteiger partial charge on any atom is -0.491 e. The third-order valence-electron chi connectivity index (χ3n) is 6.00. The van der Waals surface area contributed by atoms with Gasteiger partial charge in [-0.3, -0.25) is 14.4 Å². The Bertz CT molecular complexity index is 1090. The summed E-state index contributed by atoms with van der Waals surface area (Å²) in [7, 11) is 0. The Morgan fingerprint density at radius 1 is 1.24 bits per heavy atom. The molecule has 33 heavy (non-hydrogen) atoms. The molecule has 0 saturated carbocycles. The molecule has 3 heterocycles. The van der Waals surface area contributed by atoms with Crippen LogP contribution in [0.3, 0.4) is 0 Å². The Kier molecular flexibility index (Phi) is 7.03. The number of rotatable bonds is 8. The van der Waals surface area contributed by atoms with E-state index in [0.29, 0.717) is 23.7 Å². The minimum absolute atomic E-state index is 0.120. The van der Waals surface area contributed by atoms with Crippen molar-refractivity contribution in [1.82, 2.24) is 24.6 Å². The van der Waals surface area contributed by atoms with Crippen molar-refractivity contribution in [2.75, 3.05) is 13.1 Å². The third kappa shape index (κ3) is 5.76. The van der Waals surface area contributed by atoms with E-state index in [-0.39, 0.29) is 6.10 Å². The number of carbonyl (C=O) groups is 1. The van der Waals surface area contributed by atoms with Gasteiger partial charge in [-0.25, -0.2) is 9.97 Å². The molecule has 1 fully saturated rings. The zero-order valence-corrected chi connectivity index (χ0v) is 19.6. The number of nitrogens with two attached hydrogens (primary N) is 1. The number of amides is 1. The first kappa shape index (κ1) is 22.9. The van der Waals surface area contributed by atoms with Crippen LogP contribution in [0.5, 0.6) is 5.75 Å². The summed E-state index contributed by atoms with van der Waals surface area (Å²) in [4.78, 5) is 22.9. The summed E-state index contributed by atoms with van der Waals surface area (Å²) in [5.74, 6) is 1.55. The number of aromatic nitrogens is 4. The van der Waals surface area contributed by atoms with E-state index >= 15 is 0 Å². The van der Waals surface area contributed by atoms with Gasteiger partial charge in [0.25, 0.3) is 5.91 Å². The maximum Gasteiger partial charge on any atom is 0.252 e. The fraction of sp³-hybridized carbons (Fsp3) is 0.440. The SMILES string of the molecule is Cc1nc(C2CCN(Cc3ccc(OC(C)C)c(Cn4cccn4)c3)CC2)ncc1C(N)=O. The van der Waals surface area contributed by atoms with E-state index < -0.39 is 5.91 Å². The molecule has 0 atom stereocenters. The molecule has 8 nitrogen and oxygen atoms in total. The average Bonchev–Trinajstić information content (AvgIpc) is 3.28. The fourth-order valence-electron chi connectivity index (χ4n) is 4.32. The Morgan fingerprint density at radius 3 is 2.67 bits per heavy atom. The van der Waals surface area contributed by atoms with E-state index in [9.17, 15) is 4.79 Å². The first-order valence-corrected chi connectivity index (χ1v) is 11.5. The van der Waals surface area contributed by atoms with Crippen LogP contribution in [0.25, 0.3) is 0 Å². The van der Waals surface area contributed by atoms with Crippen molar-refractivity contribution in [2.24, 2.45) is 5.73 Å². The number of aryl methyl sites for hydroxylation is 1. The molecule has 1 amide bonds. The molecular weight excluding hydrogens is 416 g/mol. The first-order valence-electron chi connectivity index (χ1n) is 11.5. The number of hydrogen-bond acceptors (Lipinski definition) is 6. The van der Waals surface area contributed by atoms with Crippen LogP contribution in [0.1, 0.15) is 65.6 Å². The number of nitrogens with zero attached hydrogens (tertiary/aromatic N) is 5. The van der Waals surface area contributed by atoms with Gasteiger partial charge in [-0.2, -0.15) is 5.10 Å². The standard InChI is InChI=1S/C25H32N6O2/c1-17(2)33-23-6-5-19(13-21(23)16-31-10-4-9-28-31)15-30-11-7-20(8-12-30)25-27-14-22(24(26)32)18(3)29-25/h4-6,9-10,13-14,17,20H,7-8,11-12,15-16H2,1-3H3,(H2,26,32). The van der Waals surface area contributed by atoms with Crippen molar-refractivity contribution in [3.05, 3.63) is 71.1 Å². The first-order chi connectivity index (χ1) is 15.9. The van der Waals surface area contributed by atoms with Crippen molar-refractivity contribution in [1.29, 1.82) is 0 Å². The lowest BCUT2D eigenvalue weighted by molar-refractivity contribution is 0.0998. The zero-order valence-electron chi connectivity index (χ0n) is 19.6. The lowest BCUT2D eigenvalue weighted by Crippen LogP contribution is -2.33. The maximum absolute atomic E-state index is 11.4. The molecule has 0 unspecified atom stereocenters. The summed E-state index contributed by atoms with van der Waals surface area (Å²) in [6.45, 7) is 9.43. The average molecular weight is 449 g/mol. The smallest absolute Gasteiger partial charge is 0.252 e. The Hall–Kier alpha value is -3.26. The molecule has 0 spiro atoms. The molecule has 0 bridgehead atoms. The van der Waals surface area contributed by atoms with Crippen LogP contribution in [0, 0.1) is 6.92 Å². The van der Waals surface area contributed by atoms with E-state index in [1.807, 2.05) is 37.7 Å². The monoisotopic (exact) mass is 448 g/mol. The molecule has 1 aliphatic heterocycles. The Labute approximate surface area is 194 Å². The van der Waals surface area contributed by atoms with Crippen LogP contribution in [0.15, 0.2) is 42.9 Å². The van der Waals surface area contributed by atoms with Crippen molar-refractivity contribution in [3.63, 3.8) is 0 Å². The van der Waals surface area contributed by atoms with Crippen molar-refractivity contribution in [2.45, 2.75) is 58.7 Å². The fourth-order valence-corrected chi connectivity index (χ4v) is 4.32. The van der Waals surface area contributed by atoms with Crippen LogP contribution >= 0.6 is 0 Å². The van der Waals surface area contributed by atoms with Gasteiger partial charge < -0.3 is 10.5 Å². The van der Waals surface area contributed by atoms with Crippen LogP contribution in [-0.4, -0.2) is 49.7 Å². The van der Waals surface area contributed by atoms with Crippen molar-refractivity contribution >= 4 is 5.91 Å². The molecule has 0 aliphatic carbocycles. The second kappa shape index (κ2) is 10.1. The molecule has 8 heteroatoms. The summed E-state index contributed by atoms with van der Waals surface area (Å²) in [5, 5.41) is 4.35. The normalized spacial score (nSPS) is 15.2. The summed E-state index contributed by atoms with van der Waals surface area (Å²) in [5.41, 5.74) is 8.83. The van der Waals surface area contributed by atoms with Crippen LogP contribution in [0.2, 0.25) is 0 Å². The quantitative estimate of drug-likeness (QED) is 0.568. The highest BCUT2D eigenvalue weighted by atomic mass is 16.5. The minimum atomic E-state index is -0.481. The van der Waals surface area contributed by atoms with Gasteiger partial charge in [-0.05, 0) is 70.5 Å². The number of likely N-dealkylation sites (tertiary alicyclic amines) is 1. The molecule has 2 aromatic heterocycles. The van der Waals surface area contributed by atoms with Crippen molar-refractivity contribution in [3.8, 4) is 5.75 Å². The molecule has 3 aromatic rings. The highest BCUT2D eigenvalue weighted by molar-refractivity contribution is 5.93. The summed E-state index contributed by atoms with van der Waals surface area (Å²) < 4.78 is 7.96. The van der Waals surface area contributed by atoms with Crippen molar-refractivity contribution < 1.29 is 9.53 Å². The van der Waals surface area contributed by atoms with Gasteiger partial charge in [0, 0.05) is 36.6 Å². The summed E-state index contributed by atoms with van der Waals surface area (Å²) >= 11 is 0. The zero-order chi connectivity index (χ0) is 23.4. The van der Waals surface area contributed by atoms with E-state index in [1.54, 1.807) is 12.4 Å². The number of benzene rings is 1. The molecule has 1 aliphatic rings. The lowest BCUT2D eigenvalue weighted by Gasteiger charge is -2.31. The third-order valence-corrected chi connectivity index (χ3v) is 6.00. The summed E-state index contributed by atoms with van der Waals surface area (Å²) in [6, 6.07) is 8.41. The highest BCUT2D eigenvalue weighted by Gasteiger charge is 2.24. The van der Waals surface area contributed by atoms with Gasteiger partial charge in [0.05, 0.1) is 23.9 Å². The lowest BCUT2D eigenvalue weighted by atomic mass is 9.95. The van der Waals surface area contributed by atoms with E-state index in [4.69, 9.17) is 10.5 Å².